The zero-order valence-corrected chi connectivity index (χ0v) is 23.4. The first-order valence-electron chi connectivity index (χ1n) is 17.1. The summed E-state index contributed by atoms with van der Waals surface area (Å²) in [6.07, 6.45) is -14.7. The third kappa shape index (κ3) is 5.00. The van der Waals surface area contributed by atoms with Gasteiger partial charge in [0.05, 0.1) is 13.6 Å². The normalized spacial score (nSPS) is 57.4. The number of fused-ring (bicyclic) bond motifs is 5. The summed E-state index contributed by atoms with van der Waals surface area (Å²) in [5.41, 5.74) is -1.05. The van der Waals surface area contributed by atoms with Crippen LogP contribution in [0.3, 0.4) is 0 Å². The second kappa shape index (κ2) is 11.1. The molecular formula is C30H48O10. The van der Waals surface area contributed by atoms with Crippen LogP contribution in [-0.4, -0.2) is 85.5 Å². The van der Waals surface area contributed by atoms with Crippen LogP contribution in [0.25, 0.3) is 0 Å². The number of carbonyl (C=O) groups is 2. The number of ether oxygens (including phenoxy) is 2. The molecule has 1 heterocycles. The maximum Gasteiger partial charge on any atom is 0.335 e. The molecule has 228 valence electrons. The van der Waals surface area contributed by atoms with Crippen LogP contribution in [0.15, 0.2) is 0 Å². The molecule has 10 heteroatoms. The highest BCUT2D eigenvalue weighted by atomic mass is 16.7. The first-order chi connectivity index (χ1) is 20.6. The molecule has 5 fully saturated rings. The summed E-state index contributed by atoms with van der Waals surface area (Å²) in [6.45, 7) is 6.12. The molecule has 1 saturated heterocycles. The van der Waals surface area contributed by atoms with E-state index >= 15 is 0 Å². The number of hydrogen-bond donors (Lipinski definition) is 6. The van der Waals surface area contributed by atoms with Gasteiger partial charge >= 0.3 is 11.9 Å². The molecular weight excluding hydrogens is 520 g/mol. The molecule has 4 aliphatic carbocycles. The Morgan fingerprint density at radius 2 is 1.73 bits per heavy atom. The minimum absolute atomic E-state index is 0.0424. The number of carboxylic acids is 1. The number of carbonyl (C=O) groups excluding carboxylic acids is 1. The van der Waals surface area contributed by atoms with E-state index in [4.69, 9.17) is 16.3 Å². The van der Waals surface area contributed by atoms with Gasteiger partial charge in [0, 0.05) is 11.9 Å². The Bertz CT molecular complexity index is 1170. The van der Waals surface area contributed by atoms with E-state index in [9.17, 15) is 40.2 Å². The van der Waals surface area contributed by atoms with Gasteiger partial charge in [-0.3, -0.25) is 4.79 Å². The van der Waals surface area contributed by atoms with Crippen LogP contribution in [0.1, 0.15) is 91.7 Å². The van der Waals surface area contributed by atoms with E-state index in [0.717, 1.165) is 19.3 Å². The van der Waals surface area contributed by atoms with Crippen molar-refractivity contribution in [3.8, 4) is 0 Å². The molecule has 1 aliphatic heterocycles. The maximum absolute atomic E-state index is 12.7. The van der Waals surface area contributed by atoms with Crippen molar-refractivity contribution >= 4 is 11.9 Å². The lowest BCUT2D eigenvalue weighted by molar-refractivity contribution is -0.286. The number of aliphatic hydroxyl groups excluding tert-OH is 4. The number of rotatable bonds is 6. The van der Waals surface area contributed by atoms with Gasteiger partial charge in [-0.15, -0.1) is 0 Å². The quantitative estimate of drug-likeness (QED) is 0.257. The first-order valence-corrected chi connectivity index (χ1v) is 14.6. The fourth-order valence-corrected chi connectivity index (χ4v) is 9.26. The lowest BCUT2D eigenvalue weighted by atomic mass is 9.43. The van der Waals surface area contributed by atoms with Gasteiger partial charge < -0.3 is 40.1 Å². The van der Waals surface area contributed by atoms with Crippen molar-refractivity contribution in [2.45, 2.75) is 128 Å². The summed E-state index contributed by atoms with van der Waals surface area (Å²) < 4.78 is 52.9. The predicted octanol–water partition coefficient (Wildman–Crippen LogP) is 1.83. The van der Waals surface area contributed by atoms with Gasteiger partial charge in [-0.2, -0.15) is 0 Å². The fraction of sp³-hybridized carbons (Fsp3) is 0.933. The number of aliphatic carboxylic acids is 1. The average molecular weight is 574 g/mol. The fourth-order valence-electron chi connectivity index (χ4n) is 9.26. The van der Waals surface area contributed by atoms with Crippen molar-refractivity contribution in [2.24, 2.45) is 46.3 Å². The third-order valence-corrected chi connectivity index (χ3v) is 11.5. The SMILES string of the molecule is [2H]C1([2H])C[C@@]2(C)[C@H](C[C@@H](O)[C@@H]3[C@@H]2CC[C@]2(C)[C@@H]([C@H](C)CCC(=O)O[C@@H]4O[C@H](C(=O)O)[C@@H](O)[C@H](O)[C@H]4O)CC[C@@H]32)C([2H])([2H])[C@]1([2H])O. The molecule has 0 spiro atoms. The van der Waals surface area contributed by atoms with Gasteiger partial charge in [0.15, 0.2) is 6.10 Å². The molecule has 5 rings (SSSR count). The summed E-state index contributed by atoms with van der Waals surface area (Å²) in [7, 11) is 0. The molecule has 0 aromatic carbocycles. The second-order valence-electron chi connectivity index (χ2n) is 13.5. The number of esters is 1. The third-order valence-electron chi connectivity index (χ3n) is 11.5. The van der Waals surface area contributed by atoms with E-state index in [1.54, 1.807) is 0 Å². The molecule has 0 amide bonds. The smallest absolute Gasteiger partial charge is 0.335 e. The zero-order valence-electron chi connectivity index (χ0n) is 28.4. The molecule has 0 radical (unpaired) electrons. The van der Waals surface area contributed by atoms with Crippen molar-refractivity contribution in [1.29, 1.82) is 0 Å². The summed E-state index contributed by atoms with van der Waals surface area (Å²) in [6, 6.07) is 0. The minimum atomic E-state index is -2.94. The molecule has 4 saturated carbocycles. The van der Waals surface area contributed by atoms with Crippen LogP contribution in [0, 0.1) is 46.3 Å². The van der Waals surface area contributed by atoms with Crippen LogP contribution in [-0.2, 0) is 19.1 Å². The summed E-state index contributed by atoms with van der Waals surface area (Å²) in [5.74, 6) is -3.26. The predicted molar refractivity (Wildman–Crippen MR) is 141 cm³/mol. The van der Waals surface area contributed by atoms with E-state index in [1.807, 2.05) is 13.8 Å². The molecule has 40 heavy (non-hydrogen) atoms. The summed E-state index contributed by atoms with van der Waals surface area (Å²) in [5, 5.41) is 61.5. The van der Waals surface area contributed by atoms with E-state index in [1.165, 1.54) is 0 Å². The second-order valence-corrected chi connectivity index (χ2v) is 13.5. The Morgan fingerprint density at radius 1 is 1.02 bits per heavy atom. The number of aliphatic hydroxyl groups is 5. The Balaban J connectivity index is 1.26. The van der Waals surface area contributed by atoms with Crippen molar-refractivity contribution < 1.29 is 56.6 Å². The van der Waals surface area contributed by atoms with Crippen molar-refractivity contribution in [2.75, 3.05) is 0 Å². The van der Waals surface area contributed by atoms with Gasteiger partial charge in [-0.25, -0.2) is 4.79 Å². The van der Waals surface area contributed by atoms with E-state index < -0.39 is 78.9 Å². The molecule has 0 bridgehead atoms. The van der Waals surface area contributed by atoms with E-state index in [-0.39, 0.29) is 54.3 Å². The lowest BCUT2D eigenvalue weighted by Gasteiger charge is -2.62. The standard InChI is InChI=1S/C30H48O10/c1-14(4-7-21(33)39-28-25(36)23(34)24(35)26(40-28)27(37)38)17-5-6-18-22-19(9-11-30(17,18)3)29(2)10-8-16(31)12-15(29)13-20(22)32/h14-20,22-26,28,31-32,34-36H,4-13H2,1-3H3,(H,37,38)/t14-,15+,16-,17-,18+,19+,20-,22+,23+,24+,25-,26+,28-,29+,30-/m1/s1/i8D2,12D2,16D. The molecule has 0 aromatic heterocycles. The zero-order chi connectivity index (χ0) is 33.7. The average Bonchev–Trinajstić information content (AvgIpc) is 3.29. The Morgan fingerprint density at radius 3 is 2.42 bits per heavy atom. The Hall–Kier alpha value is -1.30. The highest BCUT2D eigenvalue weighted by molar-refractivity contribution is 5.73. The van der Waals surface area contributed by atoms with Gasteiger partial charge in [0.25, 0.3) is 0 Å². The number of hydrogen-bond acceptors (Lipinski definition) is 9. The first kappa shape index (κ1) is 24.2. The van der Waals surface area contributed by atoms with Crippen molar-refractivity contribution in [3.05, 3.63) is 0 Å². The van der Waals surface area contributed by atoms with Gasteiger partial charge in [-0.05, 0) is 104 Å². The highest BCUT2D eigenvalue weighted by Crippen LogP contribution is 2.68. The van der Waals surface area contributed by atoms with E-state index in [2.05, 4.69) is 6.92 Å². The molecule has 5 aliphatic rings. The largest absolute Gasteiger partial charge is 0.479 e. The van der Waals surface area contributed by atoms with Crippen LogP contribution in [0.4, 0.5) is 0 Å². The monoisotopic (exact) mass is 573 g/mol. The Labute approximate surface area is 243 Å². The van der Waals surface area contributed by atoms with Crippen molar-refractivity contribution in [1.82, 2.24) is 0 Å². The maximum atomic E-state index is 12.7. The van der Waals surface area contributed by atoms with Gasteiger partial charge in [0.1, 0.15) is 18.3 Å². The van der Waals surface area contributed by atoms with Gasteiger partial charge in [0.2, 0.25) is 6.29 Å². The Kier molecular flexibility index (Phi) is 6.70. The van der Waals surface area contributed by atoms with Crippen molar-refractivity contribution in [3.63, 3.8) is 0 Å². The lowest BCUT2D eigenvalue weighted by Crippen LogP contribution is -2.60. The van der Waals surface area contributed by atoms with Crippen LogP contribution < -0.4 is 0 Å². The van der Waals surface area contributed by atoms with Crippen LogP contribution in [0.2, 0.25) is 0 Å². The molecule has 10 nitrogen and oxygen atoms in total. The molecule has 0 aromatic rings. The molecule has 6 N–H and O–H groups in total. The number of carboxylic acid groups (broad SMARTS) is 1. The van der Waals surface area contributed by atoms with E-state index in [0.29, 0.717) is 12.8 Å². The topological polar surface area (TPSA) is 174 Å². The molecule has 0 unspecified atom stereocenters. The van der Waals surface area contributed by atoms with Crippen LogP contribution in [0.5, 0.6) is 0 Å². The molecule has 15 atom stereocenters. The summed E-state index contributed by atoms with van der Waals surface area (Å²) in [4.78, 5) is 24.1. The van der Waals surface area contributed by atoms with Gasteiger partial charge in [-0.1, -0.05) is 20.8 Å². The highest BCUT2D eigenvalue weighted by Gasteiger charge is 2.63. The summed E-state index contributed by atoms with van der Waals surface area (Å²) >= 11 is 0. The van der Waals surface area contributed by atoms with Crippen LogP contribution >= 0.6 is 0 Å². The minimum Gasteiger partial charge on any atom is -0.479 e.